The number of aromatic nitrogens is 2. The maximum Gasteiger partial charge on any atom is 0.170 e. The van der Waals surface area contributed by atoms with E-state index in [9.17, 15) is 0 Å². The van der Waals surface area contributed by atoms with Crippen LogP contribution in [0.5, 0.6) is 0 Å². The third kappa shape index (κ3) is 3.20. The van der Waals surface area contributed by atoms with Gasteiger partial charge in [-0.3, -0.25) is 0 Å². The zero-order chi connectivity index (χ0) is 12.3. The Hall–Kier alpha value is -0.130. The van der Waals surface area contributed by atoms with Crippen molar-refractivity contribution >= 4 is 23.3 Å². The quantitative estimate of drug-likeness (QED) is 0.912. The zero-order valence-electron chi connectivity index (χ0n) is 10.8. The highest BCUT2D eigenvalue weighted by Crippen LogP contribution is 2.42. The minimum absolute atomic E-state index is 0.386. The van der Waals surface area contributed by atoms with E-state index in [0.29, 0.717) is 16.7 Å². The van der Waals surface area contributed by atoms with Gasteiger partial charge in [0, 0.05) is 11.3 Å². The first-order valence-corrected chi connectivity index (χ1v) is 7.95. The summed E-state index contributed by atoms with van der Waals surface area (Å²) in [6, 6.07) is 0.579. The standard InChI is InChI=1S/C12H21N3S2/c1-4-13-10-9(6-5-7-12(10,2)3)16-11-14-8-15-17-11/h8-10,13H,4-7H2,1-3H3. The summed E-state index contributed by atoms with van der Waals surface area (Å²) in [5, 5.41) is 4.30. The third-order valence-electron chi connectivity index (χ3n) is 3.54. The zero-order valence-corrected chi connectivity index (χ0v) is 12.4. The van der Waals surface area contributed by atoms with Gasteiger partial charge < -0.3 is 5.32 Å². The van der Waals surface area contributed by atoms with Crippen molar-refractivity contribution in [2.45, 2.75) is 55.7 Å². The number of nitrogens with one attached hydrogen (secondary N) is 1. The molecule has 2 atom stereocenters. The summed E-state index contributed by atoms with van der Waals surface area (Å²) >= 11 is 3.41. The normalized spacial score (nSPS) is 28.2. The van der Waals surface area contributed by atoms with E-state index >= 15 is 0 Å². The summed E-state index contributed by atoms with van der Waals surface area (Å²) in [4.78, 5) is 4.30. The van der Waals surface area contributed by atoms with E-state index in [1.807, 2.05) is 11.8 Å². The molecule has 17 heavy (non-hydrogen) atoms. The van der Waals surface area contributed by atoms with E-state index in [4.69, 9.17) is 0 Å². The number of hydrogen-bond donors (Lipinski definition) is 1. The van der Waals surface area contributed by atoms with E-state index in [2.05, 4.69) is 35.4 Å². The monoisotopic (exact) mass is 271 g/mol. The van der Waals surface area contributed by atoms with Crippen molar-refractivity contribution < 1.29 is 0 Å². The molecular formula is C12H21N3S2. The Bertz CT molecular complexity index is 338. The van der Waals surface area contributed by atoms with E-state index < -0.39 is 0 Å². The topological polar surface area (TPSA) is 37.8 Å². The summed E-state index contributed by atoms with van der Waals surface area (Å²) in [7, 11) is 0. The molecule has 1 saturated carbocycles. The first-order valence-electron chi connectivity index (χ1n) is 6.30. The lowest BCUT2D eigenvalue weighted by atomic mass is 9.73. The van der Waals surface area contributed by atoms with Crippen LogP contribution >= 0.6 is 23.3 Å². The Labute approximate surface area is 112 Å². The molecule has 1 aliphatic rings. The molecule has 1 N–H and O–H groups in total. The van der Waals surface area contributed by atoms with Crippen LogP contribution in [0.1, 0.15) is 40.0 Å². The lowest BCUT2D eigenvalue weighted by molar-refractivity contribution is 0.176. The van der Waals surface area contributed by atoms with E-state index in [1.54, 1.807) is 6.33 Å². The minimum atomic E-state index is 0.386. The van der Waals surface area contributed by atoms with Gasteiger partial charge >= 0.3 is 0 Å². The van der Waals surface area contributed by atoms with Gasteiger partial charge in [0.2, 0.25) is 0 Å². The Morgan fingerprint density at radius 2 is 2.41 bits per heavy atom. The summed E-state index contributed by atoms with van der Waals surface area (Å²) in [6.45, 7) is 8.00. The average molecular weight is 271 g/mol. The molecule has 0 bridgehead atoms. The number of thioether (sulfide) groups is 1. The van der Waals surface area contributed by atoms with E-state index in [1.165, 1.54) is 30.8 Å². The maximum atomic E-state index is 4.30. The molecule has 96 valence electrons. The smallest absolute Gasteiger partial charge is 0.170 e. The van der Waals surface area contributed by atoms with E-state index in [-0.39, 0.29) is 0 Å². The lowest BCUT2D eigenvalue weighted by Crippen LogP contribution is -2.51. The van der Waals surface area contributed by atoms with Gasteiger partial charge in [0.1, 0.15) is 6.33 Å². The van der Waals surface area contributed by atoms with Crippen molar-refractivity contribution in [2.75, 3.05) is 6.54 Å². The lowest BCUT2D eigenvalue weighted by Gasteiger charge is -2.44. The third-order valence-corrected chi connectivity index (χ3v) is 5.63. The molecule has 2 rings (SSSR count). The minimum Gasteiger partial charge on any atom is -0.313 e. The molecule has 1 heterocycles. The molecule has 1 aliphatic carbocycles. The Morgan fingerprint density at radius 3 is 3.06 bits per heavy atom. The summed E-state index contributed by atoms with van der Waals surface area (Å²) in [5.74, 6) is 0. The van der Waals surface area contributed by atoms with Crippen LogP contribution in [0.25, 0.3) is 0 Å². The van der Waals surface area contributed by atoms with Crippen LogP contribution in [0.3, 0.4) is 0 Å². The number of rotatable bonds is 4. The molecule has 1 aromatic rings. The van der Waals surface area contributed by atoms with Gasteiger partial charge in [0.15, 0.2) is 4.34 Å². The van der Waals surface area contributed by atoms with Gasteiger partial charge in [-0.1, -0.05) is 39.0 Å². The van der Waals surface area contributed by atoms with Crippen molar-refractivity contribution in [3.05, 3.63) is 6.33 Å². The summed E-state index contributed by atoms with van der Waals surface area (Å²) in [5.41, 5.74) is 0.386. The van der Waals surface area contributed by atoms with Crippen molar-refractivity contribution in [3.8, 4) is 0 Å². The van der Waals surface area contributed by atoms with Crippen LogP contribution in [0.4, 0.5) is 0 Å². The molecule has 0 aliphatic heterocycles. The molecule has 0 aromatic carbocycles. The second-order valence-corrected chi connectivity index (χ2v) is 7.55. The molecule has 1 aromatic heterocycles. The van der Waals surface area contributed by atoms with Crippen molar-refractivity contribution in [1.82, 2.24) is 14.7 Å². The molecule has 2 unspecified atom stereocenters. The van der Waals surface area contributed by atoms with Crippen molar-refractivity contribution in [2.24, 2.45) is 5.41 Å². The average Bonchev–Trinajstić information content (AvgIpc) is 2.75. The fourth-order valence-electron chi connectivity index (χ4n) is 2.68. The van der Waals surface area contributed by atoms with Crippen molar-refractivity contribution in [3.63, 3.8) is 0 Å². The van der Waals surface area contributed by atoms with Gasteiger partial charge in [-0.15, -0.1) is 0 Å². The van der Waals surface area contributed by atoms with Gasteiger partial charge in [-0.05, 0) is 36.3 Å². The molecule has 5 heteroatoms. The highest BCUT2D eigenvalue weighted by Gasteiger charge is 2.39. The molecular weight excluding hydrogens is 250 g/mol. The highest BCUT2D eigenvalue weighted by molar-refractivity contribution is 8.01. The van der Waals surface area contributed by atoms with Gasteiger partial charge in [-0.25, -0.2) is 4.98 Å². The highest BCUT2D eigenvalue weighted by atomic mass is 32.2. The predicted octanol–water partition coefficient (Wildman–Crippen LogP) is 3.19. The molecule has 1 fully saturated rings. The van der Waals surface area contributed by atoms with Gasteiger partial charge in [-0.2, -0.15) is 4.37 Å². The van der Waals surface area contributed by atoms with Gasteiger partial charge in [0.25, 0.3) is 0 Å². The number of nitrogens with zero attached hydrogens (tertiary/aromatic N) is 2. The SMILES string of the molecule is CCNC1C(Sc2ncns2)CCCC1(C)C. The second-order valence-electron chi connectivity index (χ2n) is 5.28. The molecule has 0 spiro atoms. The Kier molecular flexibility index (Phi) is 4.44. The molecule has 0 amide bonds. The maximum absolute atomic E-state index is 4.30. The summed E-state index contributed by atoms with van der Waals surface area (Å²) in [6.07, 6.45) is 5.58. The largest absolute Gasteiger partial charge is 0.313 e. The fraction of sp³-hybridized carbons (Fsp3) is 0.833. The number of hydrogen-bond acceptors (Lipinski definition) is 5. The first-order chi connectivity index (χ1) is 8.13. The molecule has 3 nitrogen and oxygen atoms in total. The van der Waals surface area contributed by atoms with Gasteiger partial charge in [0.05, 0.1) is 0 Å². The van der Waals surface area contributed by atoms with Crippen LogP contribution in [0, 0.1) is 5.41 Å². The Morgan fingerprint density at radius 1 is 1.59 bits per heavy atom. The van der Waals surface area contributed by atoms with Crippen LogP contribution in [0.2, 0.25) is 0 Å². The van der Waals surface area contributed by atoms with Crippen LogP contribution in [0.15, 0.2) is 10.7 Å². The molecule has 0 radical (unpaired) electrons. The van der Waals surface area contributed by atoms with E-state index in [0.717, 1.165) is 10.9 Å². The first kappa shape index (κ1) is 13.3. The summed E-state index contributed by atoms with van der Waals surface area (Å²) < 4.78 is 5.19. The Balaban J connectivity index is 2.07. The van der Waals surface area contributed by atoms with Crippen molar-refractivity contribution in [1.29, 1.82) is 0 Å². The van der Waals surface area contributed by atoms with Crippen LogP contribution in [-0.2, 0) is 0 Å². The fourth-order valence-corrected chi connectivity index (χ4v) is 4.89. The second kappa shape index (κ2) is 5.67. The van der Waals surface area contributed by atoms with Crippen LogP contribution in [-0.4, -0.2) is 27.2 Å². The predicted molar refractivity (Wildman–Crippen MR) is 74.7 cm³/mol. The van der Waals surface area contributed by atoms with Crippen LogP contribution < -0.4 is 5.32 Å². The molecule has 0 saturated heterocycles.